The SMILES string of the molecule is O=C(COc1ccc(Cl)cc1)Nc1cccc(N2Cc3ccccc3C2)c1. The van der Waals surface area contributed by atoms with Gasteiger partial charge in [-0.1, -0.05) is 41.9 Å². The molecule has 4 rings (SSSR count). The van der Waals surface area contributed by atoms with Crippen LogP contribution in [0.15, 0.2) is 72.8 Å². The Labute approximate surface area is 163 Å². The first kappa shape index (κ1) is 17.4. The maximum atomic E-state index is 12.2. The predicted octanol–water partition coefficient (Wildman–Crippen LogP) is 4.88. The Hall–Kier alpha value is -2.98. The van der Waals surface area contributed by atoms with E-state index in [2.05, 4.69) is 40.5 Å². The molecule has 0 aromatic heterocycles. The molecule has 0 bridgehead atoms. The number of halogens is 1. The van der Waals surface area contributed by atoms with E-state index in [-0.39, 0.29) is 12.5 Å². The van der Waals surface area contributed by atoms with Gasteiger partial charge in [-0.3, -0.25) is 4.79 Å². The highest BCUT2D eigenvalue weighted by molar-refractivity contribution is 6.30. The van der Waals surface area contributed by atoms with Crippen molar-refractivity contribution in [3.05, 3.63) is 88.9 Å². The molecule has 1 heterocycles. The number of amides is 1. The molecule has 0 saturated carbocycles. The molecular weight excluding hydrogens is 360 g/mol. The number of benzene rings is 3. The van der Waals surface area contributed by atoms with Crippen molar-refractivity contribution in [3.8, 4) is 5.75 Å². The summed E-state index contributed by atoms with van der Waals surface area (Å²) >= 11 is 5.84. The van der Waals surface area contributed by atoms with Crippen LogP contribution in [0.1, 0.15) is 11.1 Å². The molecular formula is C22H19ClN2O2. The Bertz CT molecular complexity index is 932. The Kier molecular flexibility index (Phi) is 4.99. The number of rotatable bonds is 5. The van der Waals surface area contributed by atoms with Crippen molar-refractivity contribution in [2.24, 2.45) is 0 Å². The first-order valence-corrected chi connectivity index (χ1v) is 9.15. The Morgan fingerprint density at radius 1 is 0.963 bits per heavy atom. The quantitative estimate of drug-likeness (QED) is 0.688. The van der Waals surface area contributed by atoms with Crippen molar-refractivity contribution in [1.82, 2.24) is 0 Å². The van der Waals surface area contributed by atoms with Gasteiger partial charge in [0.25, 0.3) is 5.91 Å². The zero-order chi connectivity index (χ0) is 18.6. The molecule has 0 atom stereocenters. The Morgan fingerprint density at radius 3 is 2.37 bits per heavy atom. The van der Waals surface area contributed by atoms with Crippen molar-refractivity contribution in [1.29, 1.82) is 0 Å². The van der Waals surface area contributed by atoms with Crippen LogP contribution < -0.4 is 15.0 Å². The second-order valence-electron chi connectivity index (χ2n) is 6.47. The fourth-order valence-corrected chi connectivity index (χ4v) is 3.30. The number of nitrogens with one attached hydrogen (secondary N) is 1. The van der Waals surface area contributed by atoms with Crippen LogP contribution in [0.2, 0.25) is 5.02 Å². The standard InChI is InChI=1S/C22H19ClN2O2/c23-18-8-10-21(11-9-18)27-15-22(26)24-19-6-3-7-20(12-19)25-13-16-4-1-2-5-17(16)14-25/h1-12H,13-15H2,(H,24,26). The van der Waals surface area contributed by atoms with Crippen molar-refractivity contribution < 1.29 is 9.53 Å². The van der Waals surface area contributed by atoms with Crippen molar-refractivity contribution >= 4 is 28.9 Å². The summed E-state index contributed by atoms with van der Waals surface area (Å²) in [7, 11) is 0. The van der Waals surface area contributed by atoms with Crippen LogP contribution in [-0.4, -0.2) is 12.5 Å². The summed E-state index contributed by atoms with van der Waals surface area (Å²) in [6.07, 6.45) is 0. The van der Waals surface area contributed by atoms with Gasteiger partial charge in [-0.25, -0.2) is 0 Å². The van der Waals surface area contributed by atoms with E-state index in [0.29, 0.717) is 10.8 Å². The summed E-state index contributed by atoms with van der Waals surface area (Å²) in [5, 5.41) is 3.52. The van der Waals surface area contributed by atoms with E-state index in [4.69, 9.17) is 16.3 Å². The number of hydrogen-bond donors (Lipinski definition) is 1. The van der Waals surface area contributed by atoms with Crippen molar-refractivity contribution in [2.45, 2.75) is 13.1 Å². The van der Waals surface area contributed by atoms with Crippen LogP contribution in [0.25, 0.3) is 0 Å². The normalized spacial score (nSPS) is 12.6. The minimum Gasteiger partial charge on any atom is -0.484 e. The van der Waals surface area contributed by atoms with Crippen LogP contribution in [-0.2, 0) is 17.9 Å². The van der Waals surface area contributed by atoms with E-state index in [1.54, 1.807) is 24.3 Å². The fourth-order valence-electron chi connectivity index (χ4n) is 3.17. The maximum absolute atomic E-state index is 12.2. The smallest absolute Gasteiger partial charge is 0.262 e. The largest absolute Gasteiger partial charge is 0.484 e. The van der Waals surface area contributed by atoms with Gasteiger partial charge in [0.15, 0.2) is 6.61 Å². The van der Waals surface area contributed by atoms with Crippen LogP contribution >= 0.6 is 11.6 Å². The maximum Gasteiger partial charge on any atom is 0.262 e. The third-order valence-electron chi connectivity index (χ3n) is 4.52. The highest BCUT2D eigenvalue weighted by atomic mass is 35.5. The molecule has 1 aliphatic rings. The van der Waals surface area contributed by atoms with E-state index in [9.17, 15) is 4.79 Å². The summed E-state index contributed by atoms with van der Waals surface area (Å²) in [5.41, 5.74) is 4.54. The molecule has 1 N–H and O–H groups in total. The minimum atomic E-state index is -0.202. The average molecular weight is 379 g/mol. The number of carbonyl (C=O) groups excluding carboxylic acids is 1. The number of anilines is 2. The van der Waals surface area contributed by atoms with Gasteiger partial charge >= 0.3 is 0 Å². The topological polar surface area (TPSA) is 41.6 Å². The van der Waals surface area contributed by atoms with E-state index < -0.39 is 0 Å². The molecule has 27 heavy (non-hydrogen) atoms. The molecule has 0 unspecified atom stereocenters. The zero-order valence-corrected chi connectivity index (χ0v) is 15.4. The third kappa shape index (κ3) is 4.23. The van der Waals surface area contributed by atoms with Gasteiger partial charge in [-0.05, 0) is 53.6 Å². The average Bonchev–Trinajstić information content (AvgIpc) is 3.12. The van der Waals surface area contributed by atoms with E-state index in [1.807, 2.05) is 18.2 Å². The monoisotopic (exact) mass is 378 g/mol. The molecule has 3 aromatic carbocycles. The number of fused-ring (bicyclic) bond motifs is 1. The molecule has 1 aliphatic heterocycles. The van der Waals surface area contributed by atoms with Gasteiger partial charge in [0, 0.05) is 29.5 Å². The second-order valence-corrected chi connectivity index (χ2v) is 6.90. The van der Waals surface area contributed by atoms with Crippen molar-refractivity contribution in [2.75, 3.05) is 16.8 Å². The molecule has 0 aliphatic carbocycles. The molecule has 0 spiro atoms. The summed E-state index contributed by atoms with van der Waals surface area (Å²) < 4.78 is 5.49. The molecule has 4 nitrogen and oxygen atoms in total. The molecule has 0 saturated heterocycles. The summed E-state index contributed by atoms with van der Waals surface area (Å²) in [4.78, 5) is 14.5. The second kappa shape index (κ2) is 7.72. The Balaban J connectivity index is 1.37. The van der Waals surface area contributed by atoms with E-state index in [0.717, 1.165) is 24.5 Å². The van der Waals surface area contributed by atoms with E-state index in [1.165, 1.54) is 11.1 Å². The highest BCUT2D eigenvalue weighted by Gasteiger charge is 2.18. The third-order valence-corrected chi connectivity index (χ3v) is 4.77. The lowest BCUT2D eigenvalue weighted by Crippen LogP contribution is -2.20. The van der Waals surface area contributed by atoms with Crippen LogP contribution in [0.5, 0.6) is 5.75 Å². The molecule has 3 aromatic rings. The zero-order valence-electron chi connectivity index (χ0n) is 14.7. The van der Waals surface area contributed by atoms with Crippen LogP contribution in [0.4, 0.5) is 11.4 Å². The molecule has 5 heteroatoms. The summed E-state index contributed by atoms with van der Waals surface area (Å²) in [6, 6.07) is 23.3. The number of nitrogens with zero attached hydrogens (tertiary/aromatic N) is 1. The molecule has 1 amide bonds. The predicted molar refractivity (Wildman–Crippen MR) is 108 cm³/mol. The minimum absolute atomic E-state index is 0.0545. The number of ether oxygens (including phenoxy) is 1. The lowest BCUT2D eigenvalue weighted by atomic mass is 10.1. The lowest BCUT2D eigenvalue weighted by molar-refractivity contribution is -0.118. The lowest BCUT2D eigenvalue weighted by Gasteiger charge is -2.18. The summed E-state index contributed by atoms with van der Waals surface area (Å²) in [6.45, 7) is 1.71. The fraction of sp³-hybridized carbons (Fsp3) is 0.136. The van der Waals surface area contributed by atoms with Gasteiger partial charge < -0.3 is 15.0 Å². The van der Waals surface area contributed by atoms with Gasteiger partial charge in [0.1, 0.15) is 5.75 Å². The molecule has 0 radical (unpaired) electrons. The van der Waals surface area contributed by atoms with Gasteiger partial charge in [0.05, 0.1) is 0 Å². The van der Waals surface area contributed by atoms with Gasteiger partial charge in [-0.2, -0.15) is 0 Å². The highest BCUT2D eigenvalue weighted by Crippen LogP contribution is 2.29. The number of carbonyl (C=O) groups is 1. The van der Waals surface area contributed by atoms with Crippen molar-refractivity contribution in [3.63, 3.8) is 0 Å². The van der Waals surface area contributed by atoms with E-state index >= 15 is 0 Å². The van der Waals surface area contributed by atoms with Gasteiger partial charge in [-0.15, -0.1) is 0 Å². The van der Waals surface area contributed by atoms with Crippen LogP contribution in [0.3, 0.4) is 0 Å². The first-order chi connectivity index (χ1) is 13.2. The first-order valence-electron chi connectivity index (χ1n) is 8.77. The molecule has 0 fully saturated rings. The molecule has 136 valence electrons. The van der Waals surface area contributed by atoms with Crippen LogP contribution in [0, 0.1) is 0 Å². The van der Waals surface area contributed by atoms with Gasteiger partial charge in [0.2, 0.25) is 0 Å². The number of hydrogen-bond acceptors (Lipinski definition) is 3. The summed E-state index contributed by atoms with van der Waals surface area (Å²) in [5.74, 6) is 0.407. The Morgan fingerprint density at radius 2 is 1.67 bits per heavy atom.